The maximum atomic E-state index is 6.33. The largest absolute Gasteiger partial charge is 0.370 e. The first-order valence-corrected chi connectivity index (χ1v) is 8.88. The van der Waals surface area contributed by atoms with Crippen molar-refractivity contribution in [2.45, 2.75) is 65.1 Å². The summed E-state index contributed by atoms with van der Waals surface area (Å²) < 4.78 is 6.01. The molecule has 114 valence electrons. The van der Waals surface area contributed by atoms with Crippen LogP contribution in [0.2, 0.25) is 5.15 Å². The number of ether oxygens (including phenoxy) is 1. The van der Waals surface area contributed by atoms with E-state index in [1.807, 2.05) is 0 Å². The summed E-state index contributed by atoms with van der Waals surface area (Å²) in [6.07, 6.45) is 7.89. The van der Waals surface area contributed by atoms with E-state index < -0.39 is 0 Å². The summed E-state index contributed by atoms with van der Waals surface area (Å²) in [7, 11) is 0. The van der Waals surface area contributed by atoms with Gasteiger partial charge in [-0.3, -0.25) is 0 Å². The second-order valence-electron chi connectivity index (χ2n) is 5.82. The molecule has 0 N–H and O–H groups in total. The zero-order valence-electron chi connectivity index (χ0n) is 12.6. The van der Waals surface area contributed by atoms with Crippen molar-refractivity contribution in [1.29, 1.82) is 0 Å². The van der Waals surface area contributed by atoms with E-state index in [1.165, 1.54) is 36.1 Å². The topological polar surface area (TPSA) is 35.0 Å². The van der Waals surface area contributed by atoms with Crippen molar-refractivity contribution in [2.75, 3.05) is 0 Å². The van der Waals surface area contributed by atoms with Gasteiger partial charge in [0.1, 0.15) is 16.6 Å². The number of fused-ring (bicyclic) bond motifs is 1. The van der Waals surface area contributed by atoms with Gasteiger partial charge in [0.15, 0.2) is 5.82 Å². The zero-order valence-corrected chi connectivity index (χ0v) is 14.2. The van der Waals surface area contributed by atoms with Crippen LogP contribution in [-0.2, 0) is 11.3 Å². The summed E-state index contributed by atoms with van der Waals surface area (Å²) in [4.78, 5) is 11.3. The molecule has 1 saturated carbocycles. The molecule has 2 aromatic rings. The van der Waals surface area contributed by atoms with Crippen LogP contribution >= 0.6 is 22.9 Å². The van der Waals surface area contributed by atoms with Gasteiger partial charge < -0.3 is 4.74 Å². The summed E-state index contributed by atoms with van der Waals surface area (Å²) >= 11 is 8.01. The molecule has 3 nitrogen and oxygen atoms in total. The van der Waals surface area contributed by atoms with Crippen LogP contribution in [0.4, 0.5) is 0 Å². The van der Waals surface area contributed by atoms with E-state index in [0.717, 1.165) is 23.1 Å². The van der Waals surface area contributed by atoms with E-state index >= 15 is 0 Å². The van der Waals surface area contributed by atoms with Crippen LogP contribution in [0.5, 0.6) is 0 Å². The minimum atomic E-state index is 0.359. The number of halogens is 1. The van der Waals surface area contributed by atoms with Crippen LogP contribution in [-0.4, -0.2) is 16.1 Å². The molecule has 0 spiro atoms. The highest BCUT2D eigenvalue weighted by Gasteiger charge is 2.16. The van der Waals surface area contributed by atoms with E-state index in [0.29, 0.717) is 23.7 Å². The Bertz CT molecular complexity index is 633. The Morgan fingerprint density at radius 2 is 1.86 bits per heavy atom. The maximum absolute atomic E-state index is 6.33. The lowest BCUT2D eigenvalue weighted by Gasteiger charge is -2.14. The Hall–Kier alpha value is -0.710. The lowest BCUT2D eigenvalue weighted by atomic mass is 10.1. The number of thiophene rings is 1. The molecule has 2 aromatic heterocycles. The van der Waals surface area contributed by atoms with Gasteiger partial charge >= 0.3 is 0 Å². The quantitative estimate of drug-likeness (QED) is 0.575. The first-order valence-electron chi connectivity index (χ1n) is 7.69. The fraction of sp³-hybridized carbons (Fsp3) is 0.625. The fourth-order valence-corrected chi connectivity index (χ4v) is 4.34. The Labute approximate surface area is 134 Å². The first kappa shape index (κ1) is 15.2. The van der Waals surface area contributed by atoms with Gasteiger partial charge in [0, 0.05) is 4.88 Å². The van der Waals surface area contributed by atoms with Crippen LogP contribution in [0.25, 0.3) is 10.2 Å². The van der Waals surface area contributed by atoms with Crippen molar-refractivity contribution >= 4 is 33.2 Å². The van der Waals surface area contributed by atoms with Crippen molar-refractivity contribution in [3.63, 3.8) is 0 Å². The average molecular weight is 325 g/mol. The third-order valence-corrected chi connectivity index (χ3v) is 5.66. The van der Waals surface area contributed by atoms with Crippen molar-refractivity contribution in [3.8, 4) is 0 Å². The molecule has 0 aromatic carbocycles. The van der Waals surface area contributed by atoms with Gasteiger partial charge in [-0.1, -0.05) is 37.3 Å². The summed E-state index contributed by atoms with van der Waals surface area (Å²) in [5, 5.41) is 1.55. The molecule has 3 rings (SSSR count). The van der Waals surface area contributed by atoms with Gasteiger partial charge in [0.25, 0.3) is 0 Å². The zero-order chi connectivity index (χ0) is 14.8. The fourth-order valence-electron chi connectivity index (χ4n) is 2.91. The number of aryl methyl sites for hydroxylation is 2. The summed E-state index contributed by atoms with van der Waals surface area (Å²) in [5.74, 6) is 0.706. The minimum Gasteiger partial charge on any atom is -0.370 e. The first-order chi connectivity index (χ1) is 10.1. The molecule has 2 heterocycles. The summed E-state index contributed by atoms with van der Waals surface area (Å²) in [6, 6.07) is 0. The molecular weight excluding hydrogens is 304 g/mol. The van der Waals surface area contributed by atoms with Crippen molar-refractivity contribution < 1.29 is 4.74 Å². The predicted octanol–water partition coefficient (Wildman–Crippen LogP) is 5.20. The highest BCUT2D eigenvalue weighted by Crippen LogP contribution is 2.33. The molecule has 5 heteroatoms. The van der Waals surface area contributed by atoms with E-state index in [-0.39, 0.29) is 0 Å². The summed E-state index contributed by atoms with van der Waals surface area (Å²) in [5.41, 5.74) is 1.19. The SMILES string of the molecule is Cc1sc2nc(COC3CCCCCC3)nc(Cl)c2c1C. The molecule has 0 radical (unpaired) electrons. The number of hydrogen-bond acceptors (Lipinski definition) is 4. The van der Waals surface area contributed by atoms with Gasteiger partial charge in [0.05, 0.1) is 11.5 Å². The Kier molecular flexibility index (Phi) is 4.77. The van der Waals surface area contributed by atoms with E-state index in [1.54, 1.807) is 11.3 Å². The maximum Gasteiger partial charge on any atom is 0.157 e. The molecule has 1 fully saturated rings. The number of aromatic nitrogens is 2. The van der Waals surface area contributed by atoms with Crippen LogP contribution < -0.4 is 0 Å². The third-order valence-electron chi connectivity index (χ3n) is 4.28. The smallest absolute Gasteiger partial charge is 0.157 e. The molecule has 0 saturated heterocycles. The highest BCUT2D eigenvalue weighted by molar-refractivity contribution is 7.18. The van der Waals surface area contributed by atoms with Gasteiger partial charge in [-0.15, -0.1) is 11.3 Å². The lowest BCUT2D eigenvalue weighted by Crippen LogP contribution is -2.12. The Morgan fingerprint density at radius 3 is 2.57 bits per heavy atom. The van der Waals surface area contributed by atoms with Crippen LogP contribution in [0.15, 0.2) is 0 Å². The Balaban J connectivity index is 1.75. The van der Waals surface area contributed by atoms with Gasteiger partial charge in [-0.25, -0.2) is 9.97 Å². The standard InChI is InChI=1S/C16H21ClN2OS/c1-10-11(2)21-16-14(10)15(17)18-13(19-16)9-20-12-7-5-3-4-6-8-12/h12H,3-9H2,1-2H3. The van der Waals surface area contributed by atoms with Gasteiger partial charge in [-0.05, 0) is 32.3 Å². The molecule has 0 atom stereocenters. The van der Waals surface area contributed by atoms with Crippen molar-refractivity contribution in [3.05, 3.63) is 21.4 Å². The van der Waals surface area contributed by atoms with Gasteiger partial charge in [0.2, 0.25) is 0 Å². The molecule has 21 heavy (non-hydrogen) atoms. The number of rotatable bonds is 3. The van der Waals surface area contributed by atoms with Gasteiger partial charge in [-0.2, -0.15) is 0 Å². The minimum absolute atomic E-state index is 0.359. The molecule has 0 bridgehead atoms. The molecular formula is C16H21ClN2OS. The molecule has 1 aliphatic rings. The second-order valence-corrected chi connectivity index (χ2v) is 7.38. The highest BCUT2D eigenvalue weighted by atomic mass is 35.5. The van der Waals surface area contributed by atoms with Crippen LogP contribution in [0, 0.1) is 13.8 Å². The lowest BCUT2D eigenvalue weighted by molar-refractivity contribution is 0.0274. The second kappa shape index (κ2) is 6.59. The average Bonchev–Trinajstić information content (AvgIpc) is 2.66. The number of hydrogen-bond donors (Lipinski definition) is 0. The van der Waals surface area contributed by atoms with E-state index in [2.05, 4.69) is 23.8 Å². The third kappa shape index (κ3) is 3.38. The monoisotopic (exact) mass is 324 g/mol. The molecule has 0 unspecified atom stereocenters. The Morgan fingerprint density at radius 1 is 1.14 bits per heavy atom. The molecule has 0 aliphatic heterocycles. The van der Waals surface area contributed by atoms with E-state index in [4.69, 9.17) is 16.3 Å². The summed E-state index contributed by atoms with van der Waals surface area (Å²) in [6.45, 7) is 4.64. The molecule has 0 amide bonds. The van der Waals surface area contributed by atoms with Crippen molar-refractivity contribution in [1.82, 2.24) is 9.97 Å². The number of nitrogens with zero attached hydrogens (tertiary/aromatic N) is 2. The van der Waals surface area contributed by atoms with E-state index in [9.17, 15) is 0 Å². The van der Waals surface area contributed by atoms with Crippen molar-refractivity contribution in [2.24, 2.45) is 0 Å². The normalized spacial score (nSPS) is 17.3. The van der Waals surface area contributed by atoms with Crippen LogP contribution in [0.1, 0.15) is 54.8 Å². The molecule has 1 aliphatic carbocycles. The predicted molar refractivity (Wildman–Crippen MR) is 88.2 cm³/mol. The van der Waals surface area contributed by atoms with Crippen LogP contribution in [0.3, 0.4) is 0 Å².